The van der Waals surface area contributed by atoms with Gasteiger partial charge >= 0.3 is 0 Å². The van der Waals surface area contributed by atoms with E-state index in [-0.39, 0.29) is 0 Å². The molecule has 0 saturated heterocycles. The number of hydrogen-bond acceptors (Lipinski definition) is 3. The van der Waals surface area contributed by atoms with Crippen molar-refractivity contribution in [2.24, 2.45) is 0 Å². The van der Waals surface area contributed by atoms with E-state index in [4.69, 9.17) is 0 Å². The van der Waals surface area contributed by atoms with E-state index in [9.17, 15) is 0 Å². The van der Waals surface area contributed by atoms with E-state index >= 15 is 0 Å². The van der Waals surface area contributed by atoms with Crippen molar-refractivity contribution in [3.63, 3.8) is 0 Å². The lowest BCUT2D eigenvalue weighted by atomic mass is 10.2. The number of nitrogens with zero attached hydrogens (tertiary/aromatic N) is 2. The molecule has 3 nitrogen and oxygen atoms in total. The molecule has 0 atom stereocenters. The van der Waals surface area contributed by atoms with Gasteiger partial charge in [0.25, 0.3) is 0 Å². The highest BCUT2D eigenvalue weighted by molar-refractivity contribution is 9.10. The predicted molar refractivity (Wildman–Crippen MR) is 84.8 cm³/mol. The Morgan fingerprint density at radius 1 is 1.42 bits per heavy atom. The van der Waals surface area contributed by atoms with Gasteiger partial charge in [-0.1, -0.05) is 6.92 Å². The summed E-state index contributed by atoms with van der Waals surface area (Å²) in [7, 11) is 0. The smallest absolute Gasteiger partial charge is 0.0766 e. The molecule has 0 aliphatic rings. The highest BCUT2D eigenvalue weighted by Gasteiger charge is 2.12. The predicted octanol–water partition coefficient (Wildman–Crippen LogP) is 3.87. The van der Waals surface area contributed by atoms with Gasteiger partial charge in [0.05, 0.1) is 12.2 Å². The van der Waals surface area contributed by atoms with E-state index < -0.39 is 0 Å². The van der Waals surface area contributed by atoms with Gasteiger partial charge in [-0.15, -0.1) is 11.3 Å². The SMILES string of the molecule is CCCNCc1c(C)nn(Cc2sccc2Br)c1C. The first kappa shape index (κ1) is 14.8. The maximum absolute atomic E-state index is 4.67. The minimum absolute atomic E-state index is 0.846. The Hall–Kier alpha value is -0.650. The average Bonchev–Trinajstić information content (AvgIpc) is 2.89. The highest BCUT2D eigenvalue weighted by Crippen LogP contribution is 2.24. The number of hydrogen-bond donors (Lipinski definition) is 1. The van der Waals surface area contributed by atoms with Crippen LogP contribution < -0.4 is 5.32 Å². The number of nitrogens with one attached hydrogen (secondary N) is 1. The summed E-state index contributed by atoms with van der Waals surface area (Å²) in [5.74, 6) is 0. The summed E-state index contributed by atoms with van der Waals surface area (Å²) in [6, 6.07) is 2.09. The van der Waals surface area contributed by atoms with Crippen LogP contribution in [0.2, 0.25) is 0 Å². The first-order chi connectivity index (χ1) is 9.13. The third kappa shape index (κ3) is 3.46. The first-order valence-corrected chi connectivity index (χ1v) is 8.26. The molecule has 0 spiro atoms. The van der Waals surface area contributed by atoms with Crippen LogP contribution in [0.3, 0.4) is 0 Å². The van der Waals surface area contributed by atoms with Crippen LogP contribution in [0.1, 0.15) is 35.2 Å². The molecule has 0 saturated carbocycles. The van der Waals surface area contributed by atoms with Crippen LogP contribution >= 0.6 is 27.3 Å². The fourth-order valence-electron chi connectivity index (χ4n) is 2.11. The summed E-state index contributed by atoms with van der Waals surface area (Å²) in [6.07, 6.45) is 1.16. The molecule has 0 bridgehead atoms. The quantitative estimate of drug-likeness (QED) is 0.808. The van der Waals surface area contributed by atoms with Crippen LogP contribution in [0.15, 0.2) is 15.9 Å². The molecule has 0 aliphatic carbocycles. The Morgan fingerprint density at radius 2 is 2.21 bits per heavy atom. The zero-order valence-electron chi connectivity index (χ0n) is 11.7. The van der Waals surface area contributed by atoms with Crippen molar-refractivity contribution in [3.05, 3.63) is 37.7 Å². The second-order valence-corrected chi connectivity index (χ2v) is 6.53. The van der Waals surface area contributed by atoms with E-state index in [0.717, 1.165) is 31.7 Å². The molecule has 0 amide bonds. The normalized spacial score (nSPS) is 11.2. The summed E-state index contributed by atoms with van der Waals surface area (Å²) in [6.45, 7) is 9.25. The molecular formula is C14H20BrN3S. The van der Waals surface area contributed by atoms with Gasteiger partial charge < -0.3 is 5.32 Å². The molecule has 2 aromatic rings. The molecule has 104 valence electrons. The molecule has 0 unspecified atom stereocenters. The molecular weight excluding hydrogens is 322 g/mol. The third-order valence-electron chi connectivity index (χ3n) is 3.24. The molecule has 2 aromatic heterocycles. The Bertz CT molecular complexity index is 545. The maximum atomic E-state index is 4.67. The molecule has 2 heterocycles. The summed E-state index contributed by atoms with van der Waals surface area (Å²) in [5.41, 5.74) is 3.73. The van der Waals surface area contributed by atoms with Gasteiger partial charge in [-0.05, 0) is 54.2 Å². The zero-order valence-corrected chi connectivity index (χ0v) is 14.1. The number of thiophene rings is 1. The van der Waals surface area contributed by atoms with E-state index in [1.165, 1.54) is 20.6 Å². The first-order valence-electron chi connectivity index (χ1n) is 6.59. The maximum Gasteiger partial charge on any atom is 0.0766 e. The Kier molecular flexibility index (Phi) is 5.19. The minimum Gasteiger partial charge on any atom is -0.313 e. The highest BCUT2D eigenvalue weighted by atomic mass is 79.9. The van der Waals surface area contributed by atoms with Crippen molar-refractivity contribution < 1.29 is 0 Å². The number of aromatic nitrogens is 2. The number of rotatable bonds is 6. The minimum atomic E-state index is 0.846. The molecule has 19 heavy (non-hydrogen) atoms. The van der Waals surface area contributed by atoms with Crippen LogP contribution in [0, 0.1) is 13.8 Å². The zero-order chi connectivity index (χ0) is 13.8. The monoisotopic (exact) mass is 341 g/mol. The fourth-order valence-corrected chi connectivity index (χ4v) is 3.57. The summed E-state index contributed by atoms with van der Waals surface area (Å²) in [5, 5.41) is 10.2. The lowest BCUT2D eigenvalue weighted by molar-refractivity contribution is 0.654. The number of halogens is 1. The van der Waals surface area contributed by atoms with Gasteiger partial charge in [0.15, 0.2) is 0 Å². The lowest BCUT2D eigenvalue weighted by Crippen LogP contribution is -2.15. The largest absolute Gasteiger partial charge is 0.313 e. The number of aryl methyl sites for hydroxylation is 1. The van der Waals surface area contributed by atoms with Gasteiger partial charge in [-0.3, -0.25) is 4.68 Å². The molecule has 2 rings (SSSR count). The topological polar surface area (TPSA) is 29.9 Å². The van der Waals surface area contributed by atoms with E-state index in [2.05, 4.69) is 63.2 Å². The van der Waals surface area contributed by atoms with Crippen molar-refractivity contribution in [1.29, 1.82) is 0 Å². The lowest BCUT2D eigenvalue weighted by Gasteiger charge is -2.06. The van der Waals surface area contributed by atoms with E-state index in [1.54, 1.807) is 11.3 Å². The van der Waals surface area contributed by atoms with Crippen LogP contribution in [-0.4, -0.2) is 16.3 Å². The standard InChI is InChI=1S/C14H20BrN3S/c1-4-6-16-8-12-10(2)17-18(11(12)3)9-14-13(15)5-7-19-14/h5,7,16H,4,6,8-9H2,1-3H3. The summed E-state index contributed by atoms with van der Waals surface area (Å²) < 4.78 is 3.28. The summed E-state index contributed by atoms with van der Waals surface area (Å²) in [4.78, 5) is 1.32. The Labute approximate surface area is 127 Å². The molecule has 0 fully saturated rings. The van der Waals surface area contributed by atoms with Gasteiger partial charge in [-0.25, -0.2) is 0 Å². The van der Waals surface area contributed by atoms with Crippen LogP contribution in [-0.2, 0) is 13.1 Å². The van der Waals surface area contributed by atoms with Crippen molar-refractivity contribution in [3.8, 4) is 0 Å². The second-order valence-electron chi connectivity index (χ2n) is 4.68. The molecule has 1 N–H and O–H groups in total. The van der Waals surface area contributed by atoms with E-state index in [1.807, 2.05) is 0 Å². The van der Waals surface area contributed by atoms with Crippen molar-refractivity contribution in [1.82, 2.24) is 15.1 Å². The van der Waals surface area contributed by atoms with Gasteiger partial charge in [0, 0.05) is 27.2 Å². The molecule has 0 aromatic carbocycles. The van der Waals surface area contributed by atoms with Crippen molar-refractivity contribution in [2.45, 2.75) is 40.3 Å². The second kappa shape index (κ2) is 6.68. The van der Waals surface area contributed by atoms with E-state index in [0.29, 0.717) is 0 Å². The Balaban J connectivity index is 2.14. The van der Waals surface area contributed by atoms with Crippen LogP contribution in [0.5, 0.6) is 0 Å². The van der Waals surface area contributed by atoms with Gasteiger partial charge in [-0.2, -0.15) is 5.10 Å². The Morgan fingerprint density at radius 3 is 2.84 bits per heavy atom. The fraction of sp³-hybridized carbons (Fsp3) is 0.500. The molecule has 0 radical (unpaired) electrons. The average molecular weight is 342 g/mol. The van der Waals surface area contributed by atoms with Crippen LogP contribution in [0.25, 0.3) is 0 Å². The molecule has 0 aliphatic heterocycles. The summed E-state index contributed by atoms with van der Waals surface area (Å²) >= 11 is 5.35. The van der Waals surface area contributed by atoms with Crippen LogP contribution in [0.4, 0.5) is 0 Å². The van der Waals surface area contributed by atoms with Gasteiger partial charge in [0.1, 0.15) is 0 Å². The van der Waals surface area contributed by atoms with Gasteiger partial charge in [0.2, 0.25) is 0 Å². The van der Waals surface area contributed by atoms with Crippen molar-refractivity contribution >= 4 is 27.3 Å². The third-order valence-corrected chi connectivity index (χ3v) is 5.16. The molecule has 5 heteroatoms. The van der Waals surface area contributed by atoms with Crippen molar-refractivity contribution in [2.75, 3.05) is 6.54 Å².